The molecule has 0 amide bonds. The van der Waals surface area contributed by atoms with Gasteiger partial charge < -0.3 is 34.3 Å². The van der Waals surface area contributed by atoms with Crippen molar-refractivity contribution in [3.63, 3.8) is 0 Å². The second-order valence-electron chi connectivity index (χ2n) is 13.6. The Kier molecular flexibility index (Phi) is 27.2. The molecule has 0 aromatic carbocycles. The fraction of sp³-hybridized carbons (Fsp3) is 0.889. The van der Waals surface area contributed by atoms with Crippen molar-refractivity contribution in [3.05, 3.63) is 23.3 Å². The maximum Gasteiger partial charge on any atom is 0.186 e. The molecule has 0 saturated carbocycles. The molecule has 0 spiro atoms. The van der Waals surface area contributed by atoms with Gasteiger partial charge in [0.05, 0.1) is 43.7 Å². The Morgan fingerprint density at radius 2 is 1.40 bits per heavy atom. The summed E-state index contributed by atoms with van der Waals surface area (Å²) in [7, 11) is 0. The van der Waals surface area contributed by atoms with Crippen LogP contribution < -0.4 is 0 Å². The Morgan fingerprint density at radius 3 is 1.88 bits per heavy atom. The number of rotatable bonds is 17. The first kappa shape index (κ1) is 44.3. The molecule has 1 heterocycles. The summed E-state index contributed by atoms with van der Waals surface area (Å²) < 4.78 is 21.7. The van der Waals surface area contributed by atoms with Gasteiger partial charge in [0.15, 0.2) is 6.29 Å². The van der Waals surface area contributed by atoms with Crippen LogP contribution in [-0.2, 0) is 18.9 Å². The van der Waals surface area contributed by atoms with Crippen molar-refractivity contribution in [2.75, 3.05) is 19.8 Å². The maximum absolute atomic E-state index is 9.71. The quantitative estimate of drug-likeness (QED) is 0.143. The van der Waals surface area contributed by atoms with Crippen molar-refractivity contribution >= 4 is 0 Å². The summed E-state index contributed by atoms with van der Waals surface area (Å²) in [5.41, 5.74) is 2.82. The minimum atomic E-state index is -1.06. The first-order chi connectivity index (χ1) is 20.0. The van der Waals surface area contributed by atoms with Gasteiger partial charge in [-0.3, -0.25) is 0 Å². The predicted molar refractivity (Wildman–Crippen MR) is 180 cm³/mol. The van der Waals surface area contributed by atoms with Gasteiger partial charge in [0, 0.05) is 12.5 Å². The molecule has 0 radical (unpaired) electrons. The number of hydrogen-bond donors (Lipinski definition) is 3. The fourth-order valence-corrected chi connectivity index (χ4v) is 4.26. The van der Waals surface area contributed by atoms with E-state index in [0.717, 1.165) is 37.9 Å². The van der Waals surface area contributed by atoms with E-state index in [-0.39, 0.29) is 18.6 Å². The molecule has 7 heteroatoms. The van der Waals surface area contributed by atoms with Crippen LogP contribution in [-0.4, -0.2) is 78.1 Å². The molecule has 1 aliphatic rings. The van der Waals surface area contributed by atoms with Crippen LogP contribution in [0.1, 0.15) is 129 Å². The summed E-state index contributed by atoms with van der Waals surface area (Å²) in [5, 5.41) is 28.4. The van der Waals surface area contributed by atoms with Gasteiger partial charge in [0.1, 0.15) is 6.10 Å². The van der Waals surface area contributed by atoms with Gasteiger partial charge in [-0.1, -0.05) is 70.3 Å². The molecule has 0 aliphatic carbocycles. The van der Waals surface area contributed by atoms with Crippen LogP contribution in [0.5, 0.6) is 0 Å². The Balaban J connectivity index is 0. The summed E-state index contributed by atoms with van der Waals surface area (Å²) in [6.07, 6.45) is 9.33. The molecule has 6 unspecified atom stereocenters. The van der Waals surface area contributed by atoms with Crippen molar-refractivity contribution in [1.29, 1.82) is 0 Å². The molecule has 43 heavy (non-hydrogen) atoms. The van der Waals surface area contributed by atoms with Gasteiger partial charge in [-0.15, -0.1) is 0 Å². The normalized spacial score (nSPS) is 23.2. The molecule has 3 N–H and O–H groups in total. The van der Waals surface area contributed by atoms with E-state index in [1.165, 1.54) is 36.8 Å². The monoisotopic (exact) mass is 617 g/mol. The zero-order valence-corrected chi connectivity index (χ0v) is 30.3. The summed E-state index contributed by atoms with van der Waals surface area (Å²) in [4.78, 5) is 0. The first-order valence-corrected chi connectivity index (χ1v) is 16.8. The number of allylic oxidation sites excluding steroid dienone is 3. The smallest absolute Gasteiger partial charge is 0.186 e. The topological polar surface area (TPSA) is 97.6 Å². The number of aliphatic hydroxyl groups is 3. The van der Waals surface area contributed by atoms with Crippen molar-refractivity contribution in [1.82, 2.24) is 0 Å². The molecule has 7 nitrogen and oxygen atoms in total. The molecule has 1 rings (SSSR count). The average Bonchev–Trinajstić information content (AvgIpc) is 2.88. The maximum atomic E-state index is 9.71. The highest BCUT2D eigenvalue weighted by Crippen LogP contribution is 2.27. The molecule has 0 aromatic heterocycles. The van der Waals surface area contributed by atoms with Gasteiger partial charge >= 0.3 is 0 Å². The van der Waals surface area contributed by atoms with E-state index in [4.69, 9.17) is 24.1 Å². The molecule has 6 atom stereocenters. The lowest BCUT2D eigenvalue weighted by atomic mass is 9.91. The van der Waals surface area contributed by atoms with E-state index in [9.17, 15) is 10.2 Å². The molecule has 258 valence electrons. The molecule has 1 saturated heterocycles. The van der Waals surface area contributed by atoms with Gasteiger partial charge in [0.2, 0.25) is 0 Å². The summed E-state index contributed by atoms with van der Waals surface area (Å²) in [6.45, 7) is 28.5. The Morgan fingerprint density at radius 1 is 0.791 bits per heavy atom. The largest absolute Gasteiger partial charge is 0.394 e. The van der Waals surface area contributed by atoms with E-state index >= 15 is 0 Å². The number of hydrogen-bond acceptors (Lipinski definition) is 7. The summed E-state index contributed by atoms with van der Waals surface area (Å²) in [6, 6.07) is 0. The highest BCUT2D eigenvalue weighted by molar-refractivity contribution is 5.02. The molecular weight excluding hydrogens is 544 g/mol. The van der Waals surface area contributed by atoms with Gasteiger partial charge in [0.25, 0.3) is 0 Å². The van der Waals surface area contributed by atoms with Crippen molar-refractivity contribution in [2.24, 2.45) is 17.8 Å². The second kappa shape index (κ2) is 26.4. The lowest BCUT2D eigenvalue weighted by Crippen LogP contribution is -2.55. The van der Waals surface area contributed by atoms with Crippen LogP contribution >= 0.6 is 0 Å². The average molecular weight is 617 g/mol. The summed E-state index contributed by atoms with van der Waals surface area (Å²) in [5.74, 6) is 1.37. The number of ether oxygens (including phenoxy) is 4. The van der Waals surface area contributed by atoms with Crippen LogP contribution in [0.3, 0.4) is 0 Å². The summed E-state index contributed by atoms with van der Waals surface area (Å²) >= 11 is 0. The second-order valence-corrected chi connectivity index (χ2v) is 13.6. The standard InChI is InChI=1S/C13H28O.C13H24O.C10H20O5/c2*1-11(2)7-6-8-13(5)9-10-14-12(3)4;1-5(2)14-10-9(13)8(12)6(3)7(4-11)15-10/h11-13H,6-10H2,1-5H3;7,9,12H,6,8,10H2,1-5H3;5-13H,4H2,1-3H3/b;13-9+;. The van der Waals surface area contributed by atoms with E-state index < -0.39 is 24.6 Å². The zero-order valence-electron chi connectivity index (χ0n) is 30.3. The first-order valence-electron chi connectivity index (χ1n) is 16.8. The highest BCUT2D eigenvalue weighted by atomic mass is 16.7. The minimum absolute atomic E-state index is 0.107. The molecular formula is C36H72O7. The van der Waals surface area contributed by atoms with Gasteiger partial charge in [-0.05, 0) is 93.4 Å². The number of aliphatic hydroxyl groups excluding tert-OH is 3. The van der Waals surface area contributed by atoms with Gasteiger partial charge in [-0.2, -0.15) is 0 Å². The Hall–Kier alpha value is -0.800. The van der Waals surface area contributed by atoms with Gasteiger partial charge in [-0.25, -0.2) is 0 Å². The van der Waals surface area contributed by atoms with Crippen molar-refractivity contribution in [3.8, 4) is 0 Å². The van der Waals surface area contributed by atoms with Crippen LogP contribution in [0.4, 0.5) is 0 Å². The minimum Gasteiger partial charge on any atom is -0.394 e. The molecule has 1 aliphatic heterocycles. The molecule has 0 bridgehead atoms. The third kappa shape index (κ3) is 26.2. The van der Waals surface area contributed by atoms with Crippen LogP contribution in [0.15, 0.2) is 23.3 Å². The van der Waals surface area contributed by atoms with Crippen molar-refractivity contribution < 1.29 is 34.3 Å². The molecule has 0 aromatic rings. The predicted octanol–water partition coefficient (Wildman–Crippen LogP) is 7.85. The van der Waals surface area contributed by atoms with E-state index in [0.29, 0.717) is 12.2 Å². The third-order valence-electron chi connectivity index (χ3n) is 7.14. The zero-order chi connectivity index (χ0) is 33.5. The third-order valence-corrected chi connectivity index (χ3v) is 7.14. The Labute approximate surface area is 266 Å². The molecule has 1 fully saturated rings. The fourth-order valence-electron chi connectivity index (χ4n) is 4.26. The van der Waals surface area contributed by atoms with Crippen LogP contribution in [0.2, 0.25) is 0 Å². The van der Waals surface area contributed by atoms with E-state index in [1.807, 2.05) is 13.8 Å². The SMILES string of the molecule is CC(C)=CCC/C(C)=C/COC(C)C.CC(C)CCCC(C)CCOC(C)C.CC(C)OC1OC(CO)C(C)C(O)C1O. The van der Waals surface area contributed by atoms with Crippen molar-refractivity contribution in [2.45, 2.75) is 171 Å². The lowest BCUT2D eigenvalue weighted by Gasteiger charge is -2.41. The van der Waals surface area contributed by atoms with E-state index in [2.05, 4.69) is 81.4 Å². The van der Waals surface area contributed by atoms with Crippen LogP contribution in [0.25, 0.3) is 0 Å². The Bertz CT molecular complexity index is 682. The van der Waals surface area contributed by atoms with Crippen LogP contribution in [0, 0.1) is 17.8 Å². The lowest BCUT2D eigenvalue weighted by molar-refractivity contribution is -0.296. The highest BCUT2D eigenvalue weighted by Gasteiger charge is 2.42. The van der Waals surface area contributed by atoms with E-state index in [1.54, 1.807) is 6.92 Å².